The normalized spacial score (nSPS) is 25.4. The lowest BCUT2D eigenvalue weighted by molar-refractivity contribution is -0.135. The standard InChI is InChI=1S/C19H28N2O5S2/c1-19(2,3)26-18(23)21-9-4-6-14(21)17(22)20-10-8-16(15-7-5-12-27-15)28(24,25)13-11-20/h5,7,12,14,16H,4,6,8-11,13H2,1-3H3. The summed E-state index contributed by atoms with van der Waals surface area (Å²) in [4.78, 5) is 29.5. The summed E-state index contributed by atoms with van der Waals surface area (Å²) in [5.41, 5.74) is -0.627. The summed E-state index contributed by atoms with van der Waals surface area (Å²) < 4.78 is 30.8. The number of sulfone groups is 1. The van der Waals surface area contributed by atoms with Crippen molar-refractivity contribution < 1.29 is 22.7 Å². The van der Waals surface area contributed by atoms with E-state index in [1.54, 1.807) is 25.7 Å². The maximum absolute atomic E-state index is 13.1. The smallest absolute Gasteiger partial charge is 0.410 e. The van der Waals surface area contributed by atoms with Crippen molar-refractivity contribution in [3.63, 3.8) is 0 Å². The van der Waals surface area contributed by atoms with Crippen LogP contribution in [0.15, 0.2) is 17.5 Å². The first-order valence-electron chi connectivity index (χ1n) is 9.62. The van der Waals surface area contributed by atoms with Crippen LogP contribution in [0.3, 0.4) is 0 Å². The van der Waals surface area contributed by atoms with Gasteiger partial charge in [0, 0.05) is 24.5 Å². The van der Waals surface area contributed by atoms with Crippen LogP contribution >= 0.6 is 11.3 Å². The number of hydrogen-bond donors (Lipinski definition) is 0. The number of ether oxygens (including phenoxy) is 1. The summed E-state index contributed by atoms with van der Waals surface area (Å²) in [6.07, 6.45) is 1.21. The molecule has 2 saturated heterocycles. The van der Waals surface area contributed by atoms with E-state index in [1.807, 2.05) is 17.5 Å². The monoisotopic (exact) mass is 428 g/mol. The molecule has 2 unspecified atom stereocenters. The average molecular weight is 429 g/mol. The molecule has 0 spiro atoms. The number of carbonyl (C=O) groups excluding carboxylic acids is 2. The summed E-state index contributed by atoms with van der Waals surface area (Å²) >= 11 is 1.43. The summed E-state index contributed by atoms with van der Waals surface area (Å²) in [6.45, 7) is 6.41. The summed E-state index contributed by atoms with van der Waals surface area (Å²) in [7, 11) is -3.32. The zero-order valence-electron chi connectivity index (χ0n) is 16.6. The predicted molar refractivity (Wildman–Crippen MR) is 108 cm³/mol. The van der Waals surface area contributed by atoms with Crippen molar-refractivity contribution >= 4 is 33.2 Å². The Bertz CT molecular complexity index is 814. The lowest BCUT2D eigenvalue weighted by Crippen LogP contribution is -2.49. The van der Waals surface area contributed by atoms with Gasteiger partial charge in [-0.25, -0.2) is 13.2 Å². The molecular formula is C19H28N2O5S2. The molecule has 2 fully saturated rings. The number of carbonyl (C=O) groups is 2. The molecule has 0 aromatic carbocycles. The number of thiophene rings is 1. The zero-order chi connectivity index (χ0) is 20.5. The van der Waals surface area contributed by atoms with E-state index in [-0.39, 0.29) is 18.2 Å². The van der Waals surface area contributed by atoms with Gasteiger partial charge in [-0.15, -0.1) is 11.3 Å². The minimum absolute atomic E-state index is 0.0551. The van der Waals surface area contributed by atoms with E-state index in [1.165, 1.54) is 16.2 Å². The SMILES string of the molecule is CC(C)(C)OC(=O)N1CCCC1C(=O)N1CCC(c2cccs2)S(=O)(=O)CC1. The number of amides is 2. The number of rotatable bonds is 2. The third-order valence-corrected chi connectivity index (χ3v) is 8.32. The molecular weight excluding hydrogens is 400 g/mol. The van der Waals surface area contributed by atoms with Crippen LogP contribution in [-0.2, 0) is 19.4 Å². The molecule has 3 heterocycles. The van der Waals surface area contributed by atoms with Crippen LogP contribution in [0.25, 0.3) is 0 Å². The molecule has 2 aliphatic heterocycles. The van der Waals surface area contributed by atoms with Gasteiger partial charge in [0.2, 0.25) is 5.91 Å². The first-order valence-corrected chi connectivity index (χ1v) is 12.2. The molecule has 3 rings (SSSR count). The van der Waals surface area contributed by atoms with E-state index >= 15 is 0 Å². The lowest BCUT2D eigenvalue weighted by Gasteiger charge is -2.31. The summed E-state index contributed by atoms with van der Waals surface area (Å²) in [5.74, 6) is -0.231. The summed E-state index contributed by atoms with van der Waals surface area (Å²) in [6, 6.07) is 3.11. The van der Waals surface area contributed by atoms with Crippen LogP contribution in [0.1, 0.15) is 50.2 Å². The van der Waals surface area contributed by atoms with E-state index in [4.69, 9.17) is 4.74 Å². The highest BCUT2D eigenvalue weighted by Crippen LogP contribution is 2.33. The molecule has 2 atom stereocenters. The minimum Gasteiger partial charge on any atom is -0.444 e. The van der Waals surface area contributed by atoms with E-state index in [0.29, 0.717) is 25.9 Å². The molecule has 9 heteroatoms. The Morgan fingerprint density at radius 3 is 2.57 bits per heavy atom. The second-order valence-corrected chi connectivity index (χ2v) is 11.6. The van der Waals surface area contributed by atoms with Crippen LogP contribution in [0, 0.1) is 0 Å². The highest BCUT2D eigenvalue weighted by atomic mass is 32.2. The molecule has 156 valence electrons. The predicted octanol–water partition coefficient (Wildman–Crippen LogP) is 2.84. The van der Waals surface area contributed by atoms with E-state index in [2.05, 4.69) is 0 Å². The molecule has 1 aromatic heterocycles. The fourth-order valence-electron chi connectivity index (χ4n) is 3.73. The second-order valence-electron chi connectivity index (χ2n) is 8.32. The third-order valence-electron chi connectivity index (χ3n) is 5.08. The Balaban J connectivity index is 1.71. The lowest BCUT2D eigenvalue weighted by atomic mass is 10.1. The third kappa shape index (κ3) is 4.68. The average Bonchev–Trinajstić information content (AvgIpc) is 3.24. The second kappa shape index (κ2) is 8.02. The van der Waals surface area contributed by atoms with Crippen molar-refractivity contribution in [2.75, 3.05) is 25.4 Å². The van der Waals surface area contributed by atoms with Gasteiger partial charge < -0.3 is 9.64 Å². The maximum Gasteiger partial charge on any atom is 0.410 e. The van der Waals surface area contributed by atoms with Gasteiger partial charge >= 0.3 is 6.09 Å². The van der Waals surface area contributed by atoms with Crippen molar-refractivity contribution in [3.05, 3.63) is 22.4 Å². The van der Waals surface area contributed by atoms with Gasteiger partial charge in [-0.1, -0.05) is 6.07 Å². The van der Waals surface area contributed by atoms with Gasteiger partial charge in [0.25, 0.3) is 0 Å². The zero-order valence-corrected chi connectivity index (χ0v) is 18.2. The topological polar surface area (TPSA) is 84.0 Å². The van der Waals surface area contributed by atoms with Crippen molar-refractivity contribution in [1.82, 2.24) is 9.80 Å². The van der Waals surface area contributed by atoms with Crippen LogP contribution in [0.4, 0.5) is 4.79 Å². The van der Waals surface area contributed by atoms with Crippen molar-refractivity contribution in [2.45, 2.75) is 56.9 Å². The Kier molecular flexibility index (Phi) is 6.05. The molecule has 2 amide bonds. The van der Waals surface area contributed by atoms with Crippen LogP contribution in [0.2, 0.25) is 0 Å². The van der Waals surface area contributed by atoms with Gasteiger partial charge in [-0.05, 0) is 51.5 Å². The fraction of sp³-hybridized carbons (Fsp3) is 0.684. The molecule has 0 bridgehead atoms. The molecule has 7 nitrogen and oxygen atoms in total. The van der Waals surface area contributed by atoms with Crippen molar-refractivity contribution in [2.24, 2.45) is 0 Å². The van der Waals surface area contributed by atoms with Crippen molar-refractivity contribution in [3.8, 4) is 0 Å². The van der Waals surface area contributed by atoms with Crippen molar-refractivity contribution in [1.29, 1.82) is 0 Å². The number of likely N-dealkylation sites (tertiary alicyclic amines) is 1. The van der Waals surface area contributed by atoms with Crippen LogP contribution in [-0.4, -0.2) is 67.2 Å². The molecule has 0 saturated carbocycles. The highest BCUT2D eigenvalue weighted by Gasteiger charge is 2.40. The van der Waals surface area contributed by atoms with Gasteiger partial charge in [0.15, 0.2) is 9.84 Å². The Morgan fingerprint density at radius 2 is 1.93 bits per heavy atom. The molecule has 28 heavy (non-hydrogen) atoms. The number of hydrogen-bond acceptors (Lipinski definition) is 6. The van der Waals surface area contributed by atoms with Crippen LogP contribution in [0.5, 0.6) is 0 Å². The molecule has 0 aliphatic carbocycles. The first-order chi connectivity index (χ1) is 13.1. The minimum atomic E-state index is -3.32. The molecule has 2 aliphatic rings. The largest absolute Gasteiger partial charge is 0.444 e. The Morgan fingerprint density at radius 1 is 1.18 bits per heavy atom. The van der Waals surface area contributed by atoms with E-state index in [9.17, 15) is 18.0 Å². The van der Waals surface area contributed by atoms with Gasteiger partial charge in [0.05, 0.1) is 11.0 Å². The van der Waals surface area contributed by atoms with Gasteiger partial charge in [0.1, 0.15) is 11.6 Å². The summed E-state index contributed by atoms with van der Waals surface area (Å²) in [5, 5.41) is 1.31. The quantitative estimate of drug-likeness (QED) is 0.723. The first kappa shape index (κ1) is 21.1. The molecule has 1 aromatic rings. The van der Waals surface area contributed by atoms with E-state index in [0.717, 1.165) is 11.3 Å². The molecule has 0 radical (unpaired) electrons. The number of nitrogens with zero attached hydrogens (tertiary/aromatic N) is 2. The van der Waals surface area contributed by atoms with Gasteiger partial charge in [-0.3, -0.25) is 9.69 Å². The van der Waals surface area contributed by atoms with Gasteiger partial charge in [-0.2, -0.15) is 0 Å². The Labute approximate surface area is 170 Å². The molecule has 0 N–H and O–H groups in total. The maximum atomic E-state index is 13.1. The van der Waals surface area contributed by atoms with E-state index < -0.39 is 32.8 Å². The highest BCUT2D eigenvalue weighted by molar-refractivity contribution is 7.91. The van der Waals surface area contributed by atoms with Crippen LogP contribution < -0.4 is 0 Å². The fourth-order valence-corrected chi connectivity index (χ4v) is 6.74. The Hall–Kier alpha value is -1.61.